The van der Waals surface area contributed by atoms with Gasteiger partial charge in [0.25, 0.3) is 11.8 Å². The van der Waals surface area contributed by atoms with Crippen molar-refractivity contribution in [3.05, 3.63) is 40.6 Å². The minimum Gasteiger partial charge on any atom is -0.497 e. The van der Waals surface area contributed by atoms with Crippen LogP contribution in [0, 0.1) is 0 Å². The van der Waals surface area contributed by atoms with Crippen molar-refractivity contribution in [3.63, 3.8) is 0 Å². The van der Waals surface area contributed by atoms with Gasteiger partial charge in [0.05, 0.1) is 19.9 Å². The van der Waals surface area contributed by atoms with E-state index in [0.717, 1.165) is 0 Å². The minimum atomic E-state index is -0.987. The Hall–Kier alpha value is -3.07. The minimum absolute atomic E-state index is 0.0873. The zero-order chi connectivity index (χ0) is 21.2. The summed E-state index contributed by atoms with van der Waals surface area (Å²) in [5.74, 6) is -0.181. The molecule has 2 amide bonds. The summed E-state index contributed by atoms with van der Waals surface area (Å²) in [6, 6.07) is 6.71. The first-order chi connectivity index (χ1) is 13.9. The highest BCUT2D eigenvalue weighted by molar-refractivity contribution is 7.08. The van der Waals surface area contributed by atoms with Gasteiger partial charge in [-0.1, -0.05) is 0 Å². The second-order valence-electron chi connectivity index (χ2n) is 6.06. The SMILES string of the molecule is COc1ccc(OC)c(NC(=O)C(C)OC(=O)CCCNC(=O)c2ccsc2)c1. The molecule has 9 heteroatoms. The monoisotopic (exact) mass is 420 g/mol. The van der Waals surface area contributed by atoms with Crippen LogP contribution in [0.3, 0.4) is 0 Å². The average molecular weight is 420 g/mol. The van der Waals surface area contributed by atoms with Crippen LogP contribution in [0.25, 0.3) is 0 Å². The predicted molar refractivity (Wildman–Crippen MR) is 110 cm³/mol. The van der Waals surface area contributed by atoms with Gasteiger partial charge in [0, 0.05) is 30.0 Å². The van der Waals surface area contributed by atoms with Gasteiger partial charge in [-0.2, -0.15) is 11.3 Å². The summed E-state index contributed by atoms with van der Waals surface area (Å²) in [7, 11) is 3.00. The van der Waals surface area contributed by atoms with Crippen LogP contribution >= 0.6 is 11.3 Å². The van der Waals surface area contributed by atoms with E-state index in [1.165, 1.54) is 32.5 Å². The summed E-state index contributed by atoms with van der Waals surface area (Å²) in [5, 5.41) is 8.96. The summed E-state index contributed by atoms with van der Waals surface area (Å²) in [6.45, 7) is 1.82. The number of thiophene rings is 1. The molecule has 1 atom stereocenters. The molecule has 2 aromatic rings. The Morgan fingerprint density at radius 1 is 1.14 bits per heavy atom. The van der Waals surface area contributed by atoms with E-state index < -0.39 is 18.0 Å². The number of carbonyl (C=O) groups excluding carboxylic acids is 3. The third-order valence-electron chi connectivity index (χ3n) is 3.97. The van der Waals surface area contributed by atoms with E-state index in [2.05, 4.69) is 10.6 Å². The molecule has 0 radical (unpaired) electrons. The molecule has 0 aliphatic rings. The number of methoxy groups -OCH3 is 2. The fourth-order valence-corrected chi connectivity index (χ4v) is 3.02. The maximum absolute atomic E-state index is 12.3. The smallest absolute Gasteiger partial charge is 0.306 e. The Kier molecular flexibility index (Phi) is 8.47. The molecule has 2 rings (SSSR count). The van der Waals surface area contributed by atoms with E-state index in [9.17, 15) is 14.4 Å². The zero-order valence-electron chi connectivity index (χ0n) is 16.5. The average Bonchev–Trinajstić information content (AvgIpc) is 3.25. The van der Waals surface area contributed by atoms with Crippen molar-refractivity contribution >= 4 is 34.8 Å². The van der Waals surface area contributed by atoms with Gasteiger partial charge in [0.15, 0.2) is 6.10 Å². The number of hydrogen-bond acceptors (Lipinski definition) is 7. The maximum atomic E-state index is 12.3. The van der Waals surface area contributed by atoms with Gasteiger partial charge >= 0.3 is 5.97 Å². The number of hydrogen-bond donors (Lipinski definition) is 2. The van der Waals surface area contributed by atoms with Crippen molar-refractivity contribution in [3.8, 4) is 11.5 Å². The van der Waals surface area contributed by atoms with Crippen LogP contribution in [0.15, 0.2) is 35.0 Å². The van der Waals surface area contributed by atoms with Crippen molar-refractivity contribution in [2.45, 2.75) is 25.9 Å². The first kappa shape index (κ1) is 22.2. The van der Waals surface area contributed by atoms with Crippen LogP contribution in [0.1, 0.15) is 30.1 Å². The Bertz CT molecular complexity index is 838. The van der Waals surface area contributed by atoms with Crippen molar-refractivity contribution < 1.29 is 28.6 Å². The fraction of sp³-hybridized carbons (Fsp3) is 0.350. The summed E-state index contributed by atoms with van der Waals surface area (Å²) in [4.78, 5) is 36.1. The third kappa shape index (κ3) is 6.79. The molecule has 0 bridgehead atoms. The number of esters is 1. The molecule has 0 aliphatic carbocycles. The van der Waals surface area contributed by atoms with Crippen LogP contribution in [0.4, 0.5) is 5.69 Å². The first-order valence-corrected chi connectivity index (χ1v) is 9.91. The molecule has 0 spiro atoms. The van der Waals surface area contributed by atoms with Crippen molar-refractivity contribution in [1.29, 1.82) is 0 Å². The van der Waals surface area contributed by atoms with Crippen LogP contribution in [0.5, 0.6) is 11.5 Å². The number of rotatable bonds is 10. The number of anilines is 1. The molecule has 0 saturated carbocycles. The lowest BCUT2D eigenvalue weighted by Gasteiger charge is -2.16. The molecular formula is C20H24N2O6S. The summed E-state index contributed by atoms with van der Waals surface area (Å²) in [5.41, 5.74) is 1.01. The van der Waals surface area contributed by atoms with Gasteiger partial charge in [0.1, 0.15) is 11.5 Å². The third-order valence-corrected chi connectivity index (χ3v) is 4.65. The molecule has 0 aliphatic heterocycles. The highest BCUT2D eigenvalue weighted by Crippen LogP contribution is 2.29. The van der Waals surface area contributed by atoms with E-state index >= 15 is 0 Å². The van der Waals surface area contributed by atoms with Crippen LogP contribution < -0.4 is 20.1 Å². The van der Waals surface area contributed by atoms with Crippen LogP contribution in [-0.2, 0) is 14.3 Å². The molecule has 1 aromatic heterocycles. The van der Waals surface area contributed by atoms with Crippen LogP contribution in [-0.4, -0.2) is 44.7 Å². The molecule has 0 saturated heterocycles. The van der Waals surface area contributed by atoms with Crippen molar-refractivity contribution in [2.24, 2.45) is 0 Å². The van der Waals surface area contributed by atoms with E-state index in [0.29, 0.717) is 35.7 Å². The first-order valence-electron chi connectivity index (χ1n) is 8.97. The molecular weight excluding hydrogens is 396 g/mol. The molecule has 2 N–H and O–H groups in total. The number of benzene rings is 1. The number of ether oxygens (including phenoxy) is 3. The molecule has 1 heterocycles. The molecule has 156 valence electrons. The molecule has 1 unspecified atom stereocenters. The lowest BCUT2D eigenvalue weighted by atomic mass is 10.2. The second kappa shape index (κ2) is 11.1. The van der Waals surface area contributed by atoms with Crippen molar-refractivity contribution in [1.82, 2.24) is 5.32 Å². The van der Waals surface area contributed by atoms with Gasteiger partial charge in [-0.05, 0) is 36.9 Å². The number of nitrogens with one attached hydrogen (secondary N) is 2. The van der Waals surface area contributed by atoms with E-state index in [-0.39, 0.29) is 12.3 Å². The van der Waals surface area contributed by atoms with E-state index in [1.54, 1.807) is 29.6 Å². The highest BCUT2D eigenvalue weighted by Gasteiger charge is 2.19. The van der Waals surface area contributed by atoms with Crippen molar-refractivity contribution in [2.75, 3.05) is 26.1 Å². The van der Waals surface area contributed by atoms with Crippen LogP contribution in [0.2, 0.25) is 0 Å². The largest absolute Gasteiger partial charge is 0.497 e. The predicted octanol–water partition coefficient (Wildman–Crippen LogP) is 2.85. The summed E-state index contributed by atoms with van der Waals surface area (Å²) >= 11 is 1.44. The van der Waals surface area contributed by atoms with Gasteiger partial charge < -0.3 is 24.8 Å². The highest BCUT2D eigenvalue weighted by atomic mass is 32.1. The molecule has 0 fully saturated rings. The molecule has 1 aromatic carbocycles. The zero-order valence-corrected chi connectivity index (χ0v) is 17.3. The maximum Gasteiger partial charge on any atom is 0.306 e. The van der Waals surface area contributed by atoms with Gasteiger partial charge in [-0.3, -0.25) is 14.4 Å². The Morgan fingerprint density at radius 2 is 1.93 bits per heavy atom. The molecule has 8 nitrogen and oxygen atoms in total. The number of carbonyl (C=O) groups is 3. The quantitative estimate of drug-likeness (QED) is 0.453. The normalized spacial score (nSPS) is 11.3. The lowest BCUT2D eigenvalue weighted by molar-refractivity contribution is -0.153. The Labute approximate surface area is 173 Å². The molecule has 29 heavy (non-hydrogen) atoms. The number of amides is 2. The van der Waals surface area contributed by atoms with Gasteiger partial charge in [-0.25, -0.2) is 0 Å². The Morgan fingerprint density at radius 3 is 2.59 bits per heavy atom. The Balaban J connectivity index is 1.76. The lowest BCUT2D eigenvalue weighted by Crippen LogP contribution is -2.30. The van der Waals surface area contributed by atoms with E-state index in [4.69, 9.17) is 14.2 Å². The fourth-order valence-electron chi connectivity index (χ4n) is 2.39. The summed E-state index contributed by atoms with van der Waals surface area (Å²) < 4.78 is 15.5. The standard InChI is InChI=1S/C20H24N2O6S/c1-13(19(24)22-16-11-15(26-2)6-7-17(16)27-3)28-18(23)5-4-9-21-20(25)14-8-10-29-12-14/h6-8,10-13H,4-5,9H2,1-3H3,(H,21,25)(H,22,24). The summed E-state index contributed by atoms with van der Waals surface area (Å²) in [6.07, 6.45) is -0.490. The second-order valence-corrected chi connectivity index (χ2v) is 6.84. The van der Waals surface area contributed by atoms with E-state index in [1.807, 2.05) is 5.38 Å². The van der Waals surface area contributed by atoms with Gasteiger partial charge in [-0.15, -0.1) is 0 Å². The van der Waals surface area contributed by atoms with Gasteiger partial charge in [0.2, 0.25) is 0 Å². The topological polar surface area (TPSA) is 103 Å².